The molecule has 168 valence electrons. The number of methoxy groups -OCH3 is 1. The van der Waals surface area contributed by atoms with Crippen LogP contribution in [0.3, 0.4) is 0 Å². The predicted octanol–water partition coefficient (Wildman–Crippen LogP) is 3.51. The third-order valence-corrected chi connectivity index (χ3v) is 6.19. The van der Waals surface area contributed by atoms with Gasteiger partial charge >= 0.3 is 0 Å². The van der Waals surface area contributed by atoms with E-state index in [9.17, 15) is 4.79 Å². The molecule has 2 N–H and O–H groups in total. The highest BCUT2D eigenvalue weighted by atomic mass is 35.5. The number of rotatable bonds is 6. The molecule has 0 amide bonds. The first-order chi connectivity index (χ1) is 15.5. The quantitative estimate of drug-likeness (QED) is 0.533. The van der Waals surface area contributed by atoms with Crippen molar-refractivity contribution in [2.24, 2.45) is 0 Å². The number of nitrogens with zero attached hydrogens (tertiary/aromatic N) is 3. The number of benzene rings is 1. The highest BCUT2D eigenvalue weighted by molar-refractivity contribution is 7.80. The summed E-state index contributed by atoms with van der Waals surface area (Å²) in [4.78, 5) is 19.3. The van der Waals surface area contributed by atoms with Crippen molar-refractivity contribution in [3.8, 4) is 5.75 Å². The van der Waals surface area contributed by atoms with Crippen LogP contribution in [0, 0.1) is 0 Å². The van der Waals surface area contributed by atoms with E-state index in [1.807, 2.05) is 30.3 Å². The first-order valence-electron chi connectivity index (χ1n) is 10.6. The summed E-state index contributed by atoms with van der Waals surface area (Å²) in [5, 5.41) is 7.92. The van der Waals surface area contributed by atoms with Gasteiger partial charge in [-0.3, -0.25) is 9.78 Å². The summed E-state index contributed by atoms with van der Waals surface area (Å²) < 4.78 is 7.06. The van der Waals surface area contributed by atoms with Crippen LogP contribution in [0.2, 0.25) is 5.02 Å². The van der Waals surface area contributed by atoms with Crippen LogP contribution in [0.25, 0.3) is 11.0 Å². The molecular formula is C23H26ClN5O2S. The fraction of sp³-hybridized carbons (Fsp3) is 0.348. The van der Waals surface area contributed by atoms with Gasteiger partial charge in [0.1, 0.15) is 5.75 Å². The van der Waals surface area contributed by atoms with Crippen LogP contribution in [-0.2, 0) is 6.54 Å². The van der Waals surface area contributed by atoms with Crippen LogP contribution < -0.4 is 20.9 Å². The van der Waals surface area contributed by atoms with E-state index in [0.29, 0.717) is 28.5 Å². The minimum atomic E-state index is -0.0253. The van der Waals surface area contributed by atoms with Gasteiger partial charge in [-0.25, -0.2) is 0 Å². The predicted molar refractivity (Wildman–Crippen MR) is 133 cm³/mol. The Morgan fingerprint density at radius 3 is 2.66 bits per heavy atom. The molecule has 2 aromatic heterocycles. The number of ether oxygens (including phenoxy) is 1. The van der Waals surface area contributed by atoms with Crippen LogP contribution in [0.15, 0.2) is 53.5 Å². The topological polar surface area (TPSA) is 71.4 Å². The second-order valence-corrected chi connectivity index (χ2v) is 8.67. The first kappa shape index (κ1) is 22.5. The maximum absolute atomic E-state index is 12.5. The van der Waals surface area contributed by atoms with Gasteiger partial charge in [0.25, 0.3) is 5.56 Å². The highest BCUT2D eigenvalue weighted by Crippen LogP contribution is 2.18. The number of hydrogen-bond donors (Lipinski definition) is 2. The molecule has 3 heterocycles. The molecule has 1 saturated heterocycles. The number of halogens is 1. The number of piperidine rings is 1. The lowest BCUT2D eigenvalue weighted by Gasteiger charge is -2.33. The van der Waals surface area contributed by atoms with Crippen molar-refractivity contribution in [2.45, 2.75) is 25.4 Å². The Labute approximate surface area is 197 Å². The molecule has 0 saturated carbocycles. The van der Waals surface area contributed by atoms with E-state index < -0.39 is 0 Å². The average molecular weight is 472 g/mol. The maximum Gasteiger partial charge on any atom is 0.251 e. The molecule has 0 radical (unpaired) electrons. The second-order valence-electron chi connectivity index (χ2n) is 7.82. The minimum Gasteiger partial charge on any atom is -0.495 e. The lowest BCUT2D eigenvalue weighted by atomic mass is 10.1. The Morgan fingerprint density at radius 2 is 1.94 bits per heavy atom. The number of thiocarbonyl (C=S) groups is 1. The van der Waals surface area contributed by atoms with E-state index >= 15 is 0 Å². The number of anilines is 1. The van der Waals surface area contributed by atoms with E-state index in [4.69, 9.17) is 28.6 Å². The van der Waals surface area contributed by atoms with Gasteiger partial charge in [0.2, 0.25) is 0 Å². The van der Waals surface area contributed by atoms with Gasteiger partial charge in [-0.15, -0.1) is 0 Å². The summed E-state index contributed by atoms with van der Waals surface area (Å²) in [5.41, 5.74) is 2.47. The standard InChI is InChI=1S/C23H26ClN5O2S/c1-31-19-14-21-20(25-15-19)6-7-22(30)29(21)13-12-28-10-8-18(9-11-28)27-23(32)26-17-4-2-16(24)3-5-17/h2-7,14-15,18H,8-13H2,1H3,(H2,26,27,32). The Morgan fingerprint density at radius 1 is 1.19 bits per heavy atom. The third kappa shape index (κ3) is 5.56. The third-order valence-electron chi connectivity index (χ3n) is 5.71. The van der Waals surface area contributed by atoms with E-state index in [-0.39, 0.29) is 5.56 Å². The zero-order valence-corrected chi connectivity index (χ0v) is 19.5. The molecule has 1 fully saturated rings. The number of nitrogens with one attached hydrogen (secondary N) is 2. The van der Waals surface area contributed by atoms with Crippen molar-refractivity contribution in [2.75, 3.05) is 32.1 Å². The van der Waals surface area contributed by atoms with Gasteiger partial charge in [0, 0.05) is 55.1 Å². The molecule has 1 aromatic carbocycles. The maximum atomic E-state index is 12.5. The van der Waals surface area contributed by atoms with Crippen LogP contribution in [0.1, 0.15) is 12.8 Å². The van der Waals surface area contributed by atoms with Gasteiger partial charge in [-0.2, -0.15) is 0 Å². The molecule has 1 aliphatic heterocycles. The highest BCUT2D eigenvalue weighted by Gasteiger charge is 2.20. The number of pyridine rings is 2. The van der Waals surface area contributed by atoms with Crippen LogP contribution in [0.4, 0.5) is 5.69 Å². The van der Waals surface area contributed by atoms with Crippen molar-refractivity contribution >= 4 is 45.7 Å². The van der Waals surface area contributed by atoms with E-state index in [1.165, 1.54) is 0 Å². The SMILES string of the molecule is COc1cnc2ccc(=O)n(CCN3CCC(NC(=S)Nc4ccc(Cl)cc4)CC3)c2c1. The lowest BCUT2D eigenvalue weighted by Crippen LogP contribution is -2.46. The van der Waals surface area contributed by atoms with Gasteiger partial charge in [0.05, 0.1) is 24.3 Å². The number of fused-ring (bicyclic) bond motifs is 1. The van der Waals surface area contributed by atoms with E-state index in [2.05, 4.69) is 20.5 Å². The molecule has 3 aromatic rings. The van der Waals surface area contributed by atoms with Crippen molar-refractivity contribution < 1.29 is 4.74 Å². The Kier molecular flexibility index (Phi) is 7.24. The zero-order chi connectivity index (χ0) is 22.5. The largest absolute Gasteiger partial charge is 0.495 e. The molecule has 0 aliphatic carbocycles. The van der Waals surface area contributed by atoms with E-state index in [0.717, 1.165) is 49.2 Å². The molecule has 1 aliphatic rings. The molecule has 0 atom stereocenters. The van der Waals surface area contributed by atoms with E-state index in [1.54, 1.807) is 30.0 Å². The Hall–Kier alpha value is -2.68. The molecular weight excluding hydrogens is 446 g/mol. The summed E-state index contributed by atoms with van der Waals surface area (Å²) in [6.07, 6.45) is 3.64. The van der Waals surface area contributed by atoms with Gasteiger partial charge in [0.15, 0.2) is 5.11 Å². The van der Waals surface area contributed by atoms with Crippen LogP contribution in [-0.4, -0.2) is 52.3 Å². The van der Waals surface area contributed by atoms with Gasteiger partial charge in [-0.05, 0) is 55.4 Å². The monoisotopic (exact) mass is 471 g/mol. The number of aromatic nitrogens is 2. The Balaban J connectivity index is 1.29. The molecule has 0 bridgehead atoms. The van der Waals surface area contributed by atoms with Crippen molar-refractivity contribution in [1.82, 2.24) is 19.8 Å². The zero-order valence-electron chi connectivity index (χ0n) is 17.9. The number of likely N-dealkylation sites (tertiary alicyclic amines) is 1. The minimum absolute atomic E-state index is 0.0253. The summed E-state index contributed by atoms with van der Waals surface area (Å²) in [6.45, 7) is 3.31. The van der Waals surface area contributed by atoms with Crippen LogP contribution >= 0.6 is 23.8 Å². The fourth-order valence-corrected chi connectivity index (χ4v) is 4.33. The van der Waals surface area contributed by atoms with Crippen molar-refractivity contribution in [1.29, 1.82) is 0 Å². The summed E-state index contributed by atoms with van der Waals surface area (Å²) in [7, 11) is 1.60. The van der Waals surface area contributed by atoms with Gasteiger partial charge in [-0.1, -0.05) is 11.6 Å². The lowest BCUT2D eigenvalue weighted by molar-refractivity contribution is 0.200. The molecule has 4 rings (SSSR count). The number of hydrogen-bond acceptors (Lipinski definition) is 5. The van der Waals surface area contributed by atoms with Crippen LogP contribution in [0.5, 0.6) is 5.75 Å². The van der Waals surface area contributed by atoms with Crippen molar-refractivity contribution in [3.05, 3.63) is 64.0 Å². The molecule has 0 unspecified atom stereocenters. The summed E-state index contributed by atoms with van der Waals surface area (Å²) in [6, 6.07) is 13.0. The van der Waals surface area contributed by atoms with Crippen molar-refractivity contribution in [3.63, 3.8) is 0 Å². The second kappa shape index (κ2) is 10.3. The average Bonchev–Trinajstić information content (AvgIpc) is 2.80. The fourth-order valence-electron chi connectivity index (χ4n) is 3.92. The summed E-state index contributed by atoms with van der Waals surface area (Å²) in [5.74, 6) is 0.645. The summed E-state index contributed by atoms with van der Waals surface area (Å²) >= 11 is 11.4. The van der Waals surface area contributed by atoms with Gasteiger partial charge < -0.3 is 24.8 Å². The molecule has 7 nitrogen and oxygen atoms in total. The normalized spacial score (nSPS) is 14.9. The smallest absolute Gasteiger partial charge is 0.251 e. The molecule has 9 heteroatoms. The Bertz CT molecular complexity index is 1140. The molecule has 32 heavy (non-hydrogen) atoms. The first-order valence-corrected chi connectivity index (χ1v) is 11.4. The molecule has 0 spiro atoms.